The third kappa shape index (κ3) is 3.86. The number of carbonyl (C=O) groups excluding carboxylic acids is 2. The van der Waals surface area contributed by atoms with Crippen molar-refractivity contribution >= 4 is 47.1 Å². The molecule has 0 atom stereocenters. The van der Waals surface area contributed by atoms with Crippen molar-refractivity contribution in [3.63, 3.8) is 0 Å². The van der Waals surface area contributed by atoms with E-state index in [0.29, 0.717) is 11.2 Å². The van der Waals surface area contributed by atoms with Crippen LogP contribution < -0.4 is 10.2 Å². The lowest BCUT2D eigenvalue weighted by Gasteiger charge is -2.22. The zero-order valence-electron chi connectivity index (χ0n) is 11.1. The molecule has 1 fully saturated rings. The summed E-state index contributed by atoms with van der Waals surface area (Å²) in [5.74, 6) is -0.274. The number of methoxy groups -OCH3 is 1. The summed E-state index contributed by atoms with van der Waals surface area (Å²) in [6, 6.07) is 5.28. The predicted molar refractivity (Wildman–Crippen MR) is 80.8 cm³/mol. The molecule has 0 amide bonds. The van der Waals surface area contributed by atoms with Crippen LogP contribution in [0.1, 0.15) is 0 Å². The first kappa shape index (κ1) is 15.1. The highest BCUT2D eigenvalue weighted by Crippen LogP contribution is 2.14. The zero-order valence-corrected chi connectivity index (χ0v) is 13.2. The van der Waals surface area contributed by atoms with E-state index < -0.39 is 19.1 Å². The van der Waals surface area contributed by atoms with Gasteiger partial charge in [0.2, 0.25) is 0 Å². The molecule has 1 aliphatic heterocycles. The predicted octanol–water partition coefficient (Wildman–Crippen LogP) is 0.0268. The van der Waals surface area contributed by atoms with Crippen molar-refractivity contribution < 1.29 is 23.6 Å². The van der Waals surface area contributed by atoms with Gasteiger partial charge in [-0.3, -0.25) is 14.5 Å². The number of hydrogen-bond donors (Lipinski definition) is 0. The van der Waals surface area contributed by atoms with Crippen LogP contribution in [0.5, 0.6) is 5.75 Å². The Morgan fingerprint density at radius 2 is 1.80 bits per heavy atom. The van der Waals surface area contributed by atoms with Crippen LogP contribution in [0.25, 0.3) is 0 Å². The van der Waals surface area contributed by atoms with Crippen LogP contribution in [0.3, 0.4) is 0 Å². The van der Waals surface area contributed by atoms with E-state index in [-0.39, 0.29) is 13.1 Å². The molecule has 1 heterocycles. The zero-order chi connectivity index (χ0) is 14.7. The van der Waals surface area contributed by atoms with Crippen LogP contribution in [0.15, 0.2) is 18.2 Å². The van der Waals surface area contributed by atoms with Crippen LogP contribution in [0.4, 0.5) is 0 Å². The number of rotatable bonds is 2. The molecule has 0 N–H and O–H groups in total. The van der Waals surface area contributed by atoms with E-state index in [1.54, 1.807) is 26.3 Å². The monoisotopic (exact) mass is 389 g/mol. The molecule has 0 aliphatic carbocycles. The number of benzene rings is 1. The highest BCUT2D eigenvalue weighted by atomic mass is 127. The molecule has 20 heavy (non-hydrogen) atoms. The van der Waals surface area contributed by atoms with Gasteiger partial charge >= 0.3 is 19.1 Å². The van der Waals surface area contributed by atoms with Gasteiger partial charge in [0, 0.05) is 9.03 Å². The maximum atomic E-state index is 11.7. The molecule has 1 aliphatic rings. The Morgan fingerprint density at radius 1 is 1.20 bits per heavy atom. The molecule has 106 valence electrons. The first-order chi connectivity index (χ1) is 9.47. The Morgan fingerprint density at radius 3 is 2.35 bits per heavy atom. The van der Waals surface area contributed by atoms with Crippen LogP contribution >= 0.6 is 22.6 Å². The minimum atomic E-state index is -1.03. The molecule has 1 aromatic carbocycles. The summed E-state index contributed by atoms with van der Waals surface area (Å²) in [6.07, 6.45) is 0. The standard InChI is InChI=1S/C12H13BINO5/c1-15-6-11(16)19-13(20-12(17)7-15)8-3-9(14)5-10(4-8)18-2/h3-5H,6-7H2,1-2H3. The van der Waals surface area contributed by atoms with Gasteiger partial charge in [-0.05, 0) is 47.8 Å². The second-order valence-corrected chi connectivity index (χ2v) is 5.65. The topological polar surface area (TPSA) is 65.1 Å². The van der Waals surface area contributed by atoms with E-state index in [1.165, 1.54) is 4.90 Å². The van der Waals surface area contributed by atoms with Gasteiger partial charge in [0.1, 0.15) is 5.75 Å². The van der Waals surface area contributed by atoms with Gasteiger partial charge in [-0.25, -0.2) is 0 Å². The lowest BCUT2D eigenvalue weighted by atomic mass is 9.78. The van der Waals surface area contributed by atoms with E-state index in [4.69, 9.17) is 14.0 Å². The Kier molecular flexibility index (Phi) is 4.87. The van der Waals surface area contributed by atoms with Crippen molar-refractivity contribution in [2.24, 2.45) is 0 Å². The maximum absolute atomic E-state index is 11.7. The molecule has 0 bridgehead atoms. The number of likely N-dealkylation sites (N-methyl/N-ethyl adjacent to an activating group) is 1. The molecule has 6 nitrogen and oxygen atoms in total. The third-order valence-electron chi connectivity index (χ3n) is 2.68. The summed E-state index contributed by atoms with van der Waals surface area (Å²) in [5, 5.41) is 0. The third-order valence-corrected chi connectivity index (χ3v) is 3.30. The summed E-state index contributed by atoms with van der Waals surface area (Å²) in [6.45, 7) is 0.0965. The SMILES string of the molecule is COc1cc(I)cc(B2OC(=O)CN(C)CC(=O)O2)c1. The highest BCUT2D eigenvalue weighted by molar-refractivity contribution is 14.1. The van der Waals surface area contributed by atoms with Gasteiger partial charge in [0.05, 0.1) is 20.2 Å². The highest BCUT2D eigenvalue weighted by Gasteiger charge is 2.34. The molecule has 0 saturated carbocycles. The van der Waals surface area contributed by atoms with Crippen molar-refractivity contribution in [1.29, 1.82) is 0 Å². The summed E-state index contributed by atoms with van der Waals surface area (Å²) in [5.41, 5.74) is 0.569. The quantitative estimate of drug-likeness (QED) is 0.526. The molecule has 2 rings (SSSR count). The first-order valence-corrected chi connectivity index (χ1v) is 6.98. The normalized spacial score (nSPS) is 17.1. The van der Waals surface area contributed by atoms with E-state index in [1.807, 2.05) is 6.07 Å². The van der Waals surface area contributed by atoms with Crippen LogP contribution in [0.2, 0.25) is 0 Å². The van der Waals surface area contributed by atoms with Crippen molar-refractivity contribution in [2.75, 3.05) is 27.2 Å². The van der Waals surface area contributed by atoms with Crippen molar-refractivity contribution in [3.8, 4) is 5.75 Å². The van der Waals surface area contributed by atoms with E-state index in [2.05, 4.69) is 22.6 Å². The molecule has 1 saturated heterocycles. The summed E-state index contributed by atoms with van der Waals surface area (Å²) >= 11 is 2.11. The second-order valence-electron chi connectivity index (χ2n) is 4.41. The lowest BCUT2D eigenvalue weighted by molar-refractivity contribution is -0.145. The minimum absolute atomic E-state index is 0.0483. The van der Waals surface area contributed by atoms with Crippen LogP contribution in [-0.4, -0.2) is 51.2 Å². The fourth-order valence-electron chi connectivity index (χ4n) is 1.81. The smallest absolute Gasteiger partial charge is 0.497 e. The maximum Gasteiger partial charge on any atom is 0.636 e. The fourth-order valence-corrected chi connectivity index (χ4v) is 2.47. The molecule has 8 heteroatoms. The summed E-state index contributed by atoms with van der Waals surface area (Å²) in [7, 11) is 2.16. The Labute approximate surface area is 130 Å². The van der Waals surface area contributed by atoms with Gasteiger partial charge in [0.25, 0.3) is 0 Å². The molecular weight excluding hydrogens is 376 g/mol. The molecule has 0 spiro atoms. The average Bonchev–Trinajstić information content (AvgIpc) is 2.35. The minimum Gasteiger partial charge on any atom is -0.497 e. The number of halogens is 1. The van der Waals surface area contributed by atoms with Gasteiger partial charge < -0.3 is 14.0 Å². The van der Waals surface area contributed by atoms with Crippen molar-refractivity contribution in [3.05, 3.63) is 21.8 Å². The number of nitrogens with zero attached hydrogens (tertiary/aromatic N) is 1. The van der Waals surface area contributed by atoms with E-state index in [0.717, 1.165) is 3.57 Å². The molecule has 0 radical (unpaired) electrons. The van der Waals surface area contributed by atoms with Crippen molar-refractivity contribution in [1.82, 2.24) is 4.90 Å². The lowest BCUT2D eigenvalue weighted by Crippen LogP contribution is -2.47. The Balaban J connectivity index is 2.27. The number of ether oxygens (including phenoxy) is 1. The average molecular weight is 389 g/mol. The number of carbonyl (C=O) groups is 2. The van der Waals surface area contributed by atoms with Gasteiger partial charge in [-0.15, -0.1) is 0 Å². The Bertz CT molecular complexity index is 519. The largest absolute Gasteiger partial charge is 0.636 e. The fraction of sp³-hybridized carbons (Fsp3) is 0.333. The van der Waals surface area contributed by atoms with Crippen LogP contribution in [0, 0.1) is 3.57 Å². The number of hydrogen-bond acceptors (Lipinski definition) is 6. The van der Waals surface area contributed by atoms with E-state index in [9.17, 15) is 9.59 Å². The van der Waals surface area contributed by atoms with E-state index >= 15 is 0 Å². The second kappa shape index (κ2) is 6.44. The molecule has 1 aromatic rings. The summed E-state index contributed by atoms with van der Waals surface area (Å²) in [4.78, 5) is 24.9. The molecule has 0 aromatic heterocycles. The Hall–Kier alpha value is -1.29. The molecule has 0 unspecified atom stereocenters. The van der Waals surface area contributed by atoms with Gasteiger partial charge in [-0.2, -0.15) is 0 Å². The van der Waals surface area contributed by atoms with Crippen molar-refractivity contribution in [2.45, 2.75) is 0 Å². The van der Waals surface area contributed by atoms with Crippen LogP contribution in [-0.2, 0) is 18.9 Å². The summed E-state index contributed by atoms with van der Waals surface area (Å²) < 4.78 is 16.4. The van der Waals surface area contributed by atoms with Gasteiger partial charge in [-0.1, -0.05) is 0 Å². The molecular formula is C12H13BINO5. The van der Waals surface area contributed by atoms with Gasteiger partial charge in [0.15, 0.2) is 0 Å². The first-order valence-electron chi connectivity index (χ1n) is 5.90.